The van der Waals surface area contributed by atoms with Crippen LogP contribution in [0.1, 0.15) is 47.6 Å². The SMILES string of the molecule is Cc1ncc(C(=O)N2CC(C(=O)N3CCCCCC3)C2)c(C)n1. The monoisotopic (exact) mass is 316 g/mol. The van der Waals surface area contributed by atoms with Gasteiger partial charge in [-0.2, -0.15) is 0 Å². The van der Waals surface area contributed by atoms with Gasteiger partial charge in [-0.15, -0.1) is 0 Å². The van der Waals surface area contributed by atoms with Crippen molar-refractivity contribution in [2.45, 2.75) is 39.5 Å². The molecular formula is C17H24N4O2. The fourth-order valence-electron chi connectivity index (χ4n) is 3.31. The largest absolute Gasteiger partial charge is 0.342 e. The summed E-state index contributed by atoms with van der Waals surface area (Å²) in [6.45, 7) is 6.40. The molecule has 2 fully saturated rings. The van der Waals surface area contributed by atoms with Crippen molar-refractivity contribution in [1.82, 2.24) is 19.8 Å². The summed E-state index contributed by atoms with van der Waals surface area (Å²) in [5, 5.41) is 0. The van der Waals surface area contributed by atoms with Crippen LogP contribution in [0.3, 0.4) is 0 Å². The molecule has 3 heterocycles. The van der Waals surface area contributed by atoms with Crippen LogP contribution in [0.15, 0.2) is 6.20 Å². The lowest BCUT2D eigenvalue weighted by molar-refractivity contribution is -0.139. The molecule has 3 rings (SSSR count). The quantitative estimate of drug-likeness (QED) is 0.830. The summed E-state index contributed by atoms with van der Waals surface area (Å²) in [6.07, 6.45) is 6.21. The Kier molecular flexibility index (Phi) is 4.59. The van der Waals surface area contributed by atoms with E-state index in [-0.39, 0.29) is 17.7 Å². The summed E-state index contributed by atoms with van der Waals surface area (Å²) in [5.41, 5.74) is 1.24. The fourth-order valence-corrected chi connectivity index (χ4v) is 3.31. The minimum absolute atomic E-state index is 0.0382. The summed E-state index contributed by atoms with van der Waals surface area (Å²) in [5.74, 6) is 0.774. The summed E-state index contributed by atoms with van der Waals surface area (Å²) < 4.78 is 0. The van der Waals surface area contributed by atoms with E-state index in [2.05, 4.69) is 9.97 Å². The van der Waals surface area contributed by atoms with Gasteiger partial charge in [0.05, 0.1) is 17.2 Å². The highest BCUT2D eigenvalue weighted by Gasteiger charge is 2.38. The number of nitrogens with zero attached hydrogens (tertiary/aromatic N) is 4. The van der Waals surface area contributed by atoms with E-state index in [0.717, 1.165) is 25.9 Å². The van der Waals surface area contributed by atoms with E-state index in [4.69, 9.17) is 0 Å². The number of aryl methyl sites for hydroxylation is 2. The molecule has 0 saturated carbocycles. The summed E-state index contributed by atoms with van der Waals surface area (Å²) in [4.78, 5) is 37.0. The van der Waals surface area contributed by atoms with E-state index < -0.39 is 0 Å². The zero-order valence-corrected chi connectivity index (χ0v) is 13.9. The third kappa shape index (κ3) is 3.35. The Balaban J connectivity index is 1.57. The molecule has 0 aliphatic carbocycles. The second-order valence-electron chi connectivity index (χ2n) is 6.56. The zero-order chi connectivity index (χ0) is 16.4. The van der Waals surface area contributed by atoms with Crippen LogP contribution >= 0.6 is 0 Å². The highest BCUT2D eigenvalue weighted by atomic mass is 16.2. The van der Waals surface area contributed by atoms with Gasteiger partial charge >= 0.3 is 0 Å². The fraction of sp³-hybridized carbons (Fsp3) is 0.647. The minimum Gasteiger partial charge on any atom is -0.342 e. The highest BCUT2D eigenvalue weighted by Crippen LogP contribution is 2.23. The Hall–Kier alpha value is -1.98. The Morgan fingerprint density at radius 3 is 2.30 bits per heavy atom. The van der Waals surface area contributed by atoms with E-state index in [0.29, 0.717) is 30.2 Å². The minimum atomic E-state index is -0.0672. The molecule has 1 aromatic rings. The van der Waals surface area contributed by atoms with Crippen molar-refractivity contribution >= 4 is 11.8 Å². The number of rotatable bonds is 2. The average molecular weight is 316 g/mol. The van der Waals surface area contributed by atoms with Crippen molar-refractivity contribution in [3.05, 3.63) is 23.3 Å². The molecular weight excluding hydrogens is 292 g/mol. The molecule has 0 aromatic carbocycles. The first-order valence-electron chi connectivity index (χ1n) is 8.44. The summed E-state index contributed by atoms with van der Waals surface area (Å²) in [7, 11) is 0. The van der Waals surface area contributed by atoms with Gasteiger partial charge < -0.3 is 9.80 Å². The second kappa shape index (κ2) is 6.64. The molecule has 0 spiro atoms. The third-order valence-electron chi connectivity index (χ3n) is 4.77. The molecule has 6 heteroatoms. The predicted octanol–water partition coefficient (Wildman–Crippen LogP) is 1.57. The second-order valence-corrected chi connectivity index (χ2v) is 6.56. The van der Waals surface area contributed by atoms with Crippen molar-refractivity contribution in [2.24, 2.45) is 5.92 Å². The third-order valence-corrected chi connectivity index (χ3v) is 4.77. The molecule has 1 aromatic heterocycles. The van der Waals surface area contributed by atoms with Crippen LogP contribution in [0.2, 0.25) is 0 Å². The Morgan fingerprint density at radius 1 is 1.04 bits per heavy atom. The van der Waals surface area contributed by atoms with Crippen LogP contribution < -0.4 is 0 Å². The van der Waals surface area contributed by atoms with Crippen molar-refractivity contribution in [3.63, 3.8) is 0 Å². The van der Waals surface area contributed by atoms with E-state index in [1.165, 1.54) is 12.8 Å². The van der Waals surface area contributed by atoms with E-state index in [1.54, 1.807) is 18.0 Å². The lowest BCUT2D eigenvalue weighted by Gasteiger charge is -2.40. The number of amides is 2. The Morgan fingerprint density at radius 2 is 1.70 bits per heavy atom. The van der Waals surface area contributed by atoms with Crippen LogP contribution in [0.5, 0.6) is 0 Å². The smallest absolute Gasteiger partial charge is 0.257 e. The van der Waals surface area contributed by atoms with Crippen LogP contribution in [0, 0.1) is 19.8 Å². The first-order valence-corrected chi connectivity index (χ1v) is 8.44. The standard InChI is InChI=1S/C17H24N4O2/c1-12-15(9-18-13(2)19-12)17(23)21-10-14(11-21)16(22)20-7-5-3-4-6-8-20/h9,14H,3-8,10-11H2,1-2H3. The summed E-state index contributed by atoms with van der Waals surface area (Å²) in [6, 6.07) is 0. The molecule has 2 amide bonds. The molecule has 6 nitrogen and oxygen atoms in total. The van der Waals surface area contributed by atoms with Gasteiger partial charge in [0.2, 0.25) is 5.91 Å². The maximum absolute atomic E-state index is 12.5. The van der Waals surface area contributed by atoms with E-state index in [1.807, 2.05) is 11.8 Å². The van der Waals surface area contributed by atoms with Crippen molar-refractivity contribution < 1.29 is 9.59 Å². The lowest BCUT2D eigenvalue weighted by Crippen LogP contribution is -2.56. The molecule has 0 unspecified atom stereocenters. The number of likely N-dealkylation sites (tertiary alicyclic amines) is 2. The summed E-state index contributed by atoms with van der Waals surface area (Å²) >= 11 is 0. The van der Waals surface area contributed by atoms with Gasteiger partial charge in [-0.25, -0.2) is 9.97 Å². The Labute approximate surface area is 136 Å². The number of hydrogen-bond acceptors (Lipinski definition) is 4. The highest BCUT2D eigenvalue weighted by molar-refractivity contribution is 5.96. The van der Waals surface area contributed by atoms with Gasteiger partial charge in [0, 0.05) is 32.4 Å². The van der Waals surface area contributed by atoms with Gasteiger partial charge in [-0.1, -0.05) is 12.8 Å². The molecule has 2 saturated heterocycles. The molecule has 2 aliphatic heterocycles. The van der Waals surface area contributed by atoms with Gasteiger partial charge in [0.15, 0.2) is 0 Å². The lowest BCUT2D eigenvalue weighted by atomic mass is 9.97. The topological polar surface area (TPSA) is 66.4 Å². The van der Waals surface area contributed by atoms with Crippen LogP contribution in [-0.4, -0.2) is 57.8 Å². The normalized spacial score (nSPS) is 19.2. The van der Waals surface area contributed by atoms with Gasteiger partial charge in [-0.3, -0.25) is 9.59 Å². The van der Waals surface area contributed by atoms with E-state index >= 15 is 0 Å². The number of carbonyl (C=O) groups is 2. The van der Waals surface area contributed by atoms with Crippen molar-refractivity contribution in [1.29, 1.82) is 0 Å². The number of hydrogen-bond donors (Lipinski definition) is 0. The number of carbonyl (C=O) groups excluding carboxylic acids is 2. The van der Waals surface area contributed by atoms with E-state index in [9.17, 15) is 9.59 Å². The predicted molar refractivity (Wildman–Crippen MR) is 85.9 cm³/mol. The average Bonchev–Trinajstić information content (AvgIpc) is 2.74. The van der Waals surface area contributed by atoms with Gasteiger partial charge in [-0.05, 0) is 26.7 Å². The van der Waals surface area contributed by atoms with Crippen molar-refractivity contribution in [3.8, 4) is 0 Å². The molecule has 0 N–H and O–H groups in total. The first kappa shape index (κ1) is 15.9. The molecule has 124 valence electrons. The first-order chi connectivity index (χ1) is 11.1. The van der Waals surface area contributed by atoms with Crippen LogP contribution in [-0.2, 0) is 4.79 Å². The molecule has 0 bridgehead atoms. The van der Waals surface area contributed by atoms with Crippen molar-refractivity contribution in [2.75, 3.05) is 26.2 Å². The van der Waals surface area contributed by atoms with Crippen LogP contribution in [0.4, 0.5) is 0 Å². The molecule has 23 heavy (non-hydrogen) atoms. The zero-order valence-electron chi connectivity index (χ0n) is 13.9. The molecule has 2 aliphatic rings. The maximum Gasteiger partial charge on any atom is 0.257 e. The molecule has 0 radical (unpaired) electrons. The maximum atomic E-state index is 12.5. The molecule has 0 atom stereocenters. The van der Waals surface area contributed by atoms with Crippen LogP contribution in [0.25, 0.3) is 0 Å². The van der Waals surface area contributed by atoms with Gasteiger partial charge in [0.25, 0.3) is 5.91 Å². The van der Waals surface area contributed by atoms with Gasteiger partial charge in [0.1, 0.15) is 5.82 Å². The number of aromatic nitrogens is 2. The Bertz CT molecular complexity index is 603.